The first-order valence-electron chi connectivity index (χ1n) is 19.7. The van der Waals surface area contributed by atoms with Gasteiger partial charge in [0.15, 0.2) is 0 Å². The summed E-state index contributed by atoms with van der Waals surface area (Å²) in [6.45, 7) is 2.98. The Morgan fingerprint density at radius 1 is 0.655 bits per heavy atom. The monoisotopic (exact) mass is 834 g/mol. The van der Waals surface area contributed by atoms with Crippen LogP contribution in [0.3, 0.4) is 0 Å². The highest BCUT2D eigenvalue weighted by Gasteiger charge is 2.26. The van der Waals surface area contributed by atoms with Gasteiger partial charge in [0, 0.05) is 18.8 Å². The lowest BCUT2D eigenvalue weighted by Gasteiger charge is -2.17. The van der Waals surface area contributed by atoms with Crippen LogP contribution in [-0.4, -0.2) is 41.7 Å². The van der Waals surface area contributed by atoms with Gasteiger partial charge in [0.05, 0.1) is 31.2 Å². The average Bonchev–Trinajstić information content (AvgIpc) is 3.59. The van der Waals surface area contributed by atoms with Crippen molar-refractivity contribution < 1.29 is 26.4 Å². The molecule has 3 N–H and O–H groups in total. The Balaban J connectivity index is 1.20. The number of hydrogen-bond donors (Lipinski definition) is 3. The van der Waals surface area contributed by atoms with Crippen LogP contribution in [0.25, 0.3) is 0 Å². The fraction of sp³-hybridized carbons (Fsp3) is 0.512. The van der Waals surface area contributed by atoms with Gasteiger partial charge in [-0.3, -0.25) is 14.3 Å². The predicted octanol–water partition coefficient (Wildman–Crippen LogP) is 10.3. The van der Waals surface area contributed by atoms with E-state index >= 15 is 0 Å². The lowest BCUT2D eigenvalue weighted by Crippen LogP contribution is -2.32. The summed E-state index contributed by atoms with van der Waals surface area (Å²) in [5.41, 5.74) is 1.64. The molecular formula is C41H56Cl2N4O6S2. The topological polar surface area (TPSA) is 142 Å². The molecule has 2 amide bonds. The van der Waals surface area contributed by atoms with E-state index in [-0.39, 0.29) is 37.8 Å². The van der Waals surface area contributed by atoms with Gasteiger partial charge in [-0.05, 0) is 60.9 Å². The third-order valence-electron chi connectivity index (χ3n) is 9.84. The van der Waals surface area contributed by atoms with E-state index in [2.05, 4.69) is 21.7 Å². The second-order valence-corrected chi connectivity index (χ2v) is 18.5. The summed E-state index contributed by atoms with van der Waals surface area (Å²) >= 11 is 12.6. The zero-order valence-corrected chi connectivity index (χ0v) is 35.0. The largest absolute Gasteiger partial charge is 0.324 e. The molecule has 0 unspecified atom stereocenters. The number of hydrogen-bond acceptors (Lipinski definition) is 6. The smallest absolute Gasteiger partial charge is 0.262 e. The summed E-state index contributed by atoms with van der Waals surface area (Å²) in [6.07, 6.45) is 19.9. The molecule has 3 aromatic carbocycles. The van der Waals surface area contributed by atoms with Gasteiger partial charge >= 0.3 is 0 Å². The number of amides is 2. The van der Waals surface area contributed by atoms with E-state index in [9.17, 15) is 26.4 Å². The summed E-state index contributed by atoms with van der Waals surface area (Å²) in [7, 11) is -8.26. The molecule has 0 atom stereocenters. The number of fused-ring (bicyclic) bond motifs is 1. The van der Waals surface area contributed by atoms with Gasteiger partial charge in [0.1, 0.15) is 6.42 Å². The standard InChI is InChI=1S/C41H56Cl2N4O6S2/c1-2-3-4-5-6-7-8-9-10-11-12-13-14-15-16-19-27-44-54(50,51)33-22-25-36(43)38(30-33)46-55(52,53)34-23-24-35(42)37(29-34)45-40(48)31-41(49)47-28-26-32-20-17-18-21-39(32)47/h17-18,20-25,29-30,44,46H,2-16,19,26-28,31H2,1H3,(H,45,48). The average molecular weight is 836 g/mol. The number of rotatable bonds is 25. The first kappa shape index (κ1) is 44.6. The molecule has 0 aromatic heterocycles. The number of sulfonamides is 2. The molecule has 0 saturated carbocycles. The minimum absolute atomic E-state index is 0.00938. The van der Waals surface area contributed by atoms with Crippen molar-refractivity contribution in [1.29, 1.82) is 0 Å². The number of anilines is 3. The maximum Gasteiger partial charge on any atom is 0.262 e. The third-order valence-corrected chi connectivity index (χ3v) is 13.3. The summed E-state index contributed by atoms with van der Waals surface area (Å²) in [5, 5.41) is 2.59. The molecule has 14 heteroatoms. The summed E-state index contributed by atoms with van der Waals surface area (Å²) in [6, 6.07) is 15.0. The maximum atomic E-state index is 13.4. The first-order chi connectivity index (χ1) is 26.4. The number of para-hydroxylation sites is 1. The number of nitrogens with one attached hydrogen (secondary N) is 3. The minimum Gasteiger partial charge on any atom is -0.324 e. The summed E-state index contributed by atoms with van der Waals surface area (Å²) < 4.78 is 58.0. The Hall–Kier alpha value is -3.16. The van der Waals surface area contributed by atoms with Crippen LogP contribution in [0, 0.1) is 0 Å². The zero-order chi connectivity index (χ0) is 39.7. The molecule has 1 aliphatic heterocycles. The van der Waals surface area contributed by atoms with E-state index in [1.165, 1.54) is 101 Å². The van der Waals surface area contributed by atoms with Crippen molar-refractivity contribution in [2.45, 2.75) is 132 Å². The zero-order valence-electron chi connectivity index (χ0n) is 31.9. The molecule has 0 radical (unpaired) electrons. The van der Waals surface area contributed by atoms with Crippen molar-refractivity contribution in [3.05, 3.63) is 76.3 Å². The van der Waals surface area contributed by atoms with Crippen molar-refractivity contribution in [3.63, 3.8) is 0 Å². The first-order valence-corrected chi connectivity index (χ1v) is 23.4. The van der Waals surface area contributed by atoms with Crippen LogP contribution in [0.1, 0.15) is 122 Å². The van der Waals surface area contributed by atoms with Crippen molar-refractivity contribution in [3.8, 4) is 0 Å². The number of carbonyl (C=O) groups is 2. The summed E-state index contributed by atoms with van der Waals surface area (Å²) in [4.78, 5) is 26.9. The molecule has 10 nitrogen and oxygen atoms in total. The predicted molar refractivity (Wildman–Crippen MR) is 224 cm³/mol. The normalized spacial score (nSPS) is 12.8. The molecule has 3 aromatic rings. The van der Waals surface area contributed by atoms with Crippen molar-refractivity contribution in [1.82, 2.24) is 4.72 Å². The number of nitrogens with zero attached hydrogens (tertiary/aromatic N) is 1. The Morgan fingerprint density at radius 2 is 1.16 bits per heavy atom. The Labute approximate surface area is 338 Å². The molecule has 302 valence electrons. The van der Waals surface area contributed by atoms with Crippen LogP contribution in [0.4, 0.5) is 17.1 Å². The van der Waals surface area contributed by atoms with E-state index in [1.54, 1.807) is 4.90 Å². The molecule has 0 saturated heterocycles. The van der Waals surface area contributed by atoms with Crippen LogP contribution < -0.4 is 19.7 Å². The van der Waals surface area contributed by atoms with E-state index in [4.69, 9.17) is 23.2 Å². The lowest BCUT2D eigenvalue weighted by molar-refractivity contribution is -0.125. The molecule has 1 aliphatic rings. The molecule has 55 heavy (non-hydrogen) atoms. The van der Waals surface area contributed by atoms with Crippen LogP contribution in [-0.2, 0) is 36.1 Å². The second kappa shape index (κ2) is 22.5. The number of unbranched alkanes of at least 4 members (excludes halogenated alkanes) is 15. The van der Waals surface area contributed by atoms with Crippen LogP contribution in [0.2, 0.25) is 10.0 Å². The highest BCUT2D eigenvalue weighted by atomic mass is 35.5. The molecular weight excluding hydrogens is 780 g/mol. The Kier molecular flexibility index (Phi) is 18.3. The minimum atomic E-state index is -4.32. The Bertz CT molecular complexity index is 1940. The molecule has 0 aliphatic carbocycles. The van der Waals surface area contributed by atoms with Gasteiger partial charge in [-0.25, -0.2) is 21.6 Å². The molecule has 1 heterocycles. The molecule has 0 bridgehead atoms. The highest BCUT2D eigenvalue weighted by molar-refractivity contribution is 7.92. The van der Waals surface area contributed by atoms with Crippen molar-refractivity contribution in [2.75, 3.05) is 28.0 Å². The third kappa shape index (κ3) is 14.4. The second-order valence-electron chi connectivity index (χ2n) is 14.2. The van der Waals surface area contributed by atoms with Gasteiger partial charge in [0.2, 0.25) is 21.8 Å². The van der Waals surface area contributed by atoms with Gasteiger partial charge in [0.25, 0.3) is 10.0 Å². The fourth-order valence-corrected chi connectivity index (χ4v) is 9.29. The number of benzene rings is 3. The van der Waals surface area contributed by atoms with Crippen molar-refractivity contribution in [2.24, 2.45) is 0 Å². The van der Waals surface area contributed by atoms with Crippen LogP contribution in [0.5, 0.6) is 0 Å². The molecule has 4 rings (SSSR count). The highest BCUT2D eigenvalue weighted by Crippen LogP contribution is 2.31. The van der Waals surface area contributed by atoms with E-state index in [0.717, 1.165) is 42.6 Å². The van der Waals surface area contributed by atoms with Gasteiger partial charge in [-0.15, -0.1) is 0 Å². The maximum absolute atomic E-state index is 13.4. The van der Waals surface area contributed by atoms with E-state index < -0.39 is 38.3 Å². The number of halogens is 2. The SMILES string of the molecule is CCCCCCCCCCCCCCCCCCNS(=O)(=O)c1ccc(Cl)c(NS(=O)(=O)c2ccc(Cl)c(NC(=O)CC(=O)N3CCc4ccccc43)c2)c1. The summed E-state index contributed by atoms with van der Waals surface area (Å²) in [5.74, 6) is -1.06. The fourth-order valence-electron chi connectivity index (χ4n) is 6.71. The van der Waals surface area contributed by atoms with Gasteiger partial charge in [-0.1, -0.05) is 145 Å². The quantitative estimate of drug-likeness (QED) is 0.0573. The van der Waals surface area contributed by atoms with Crippen molar-refractivity contribution >= 4 is 72.1 Å². The van der Waals surface area contributed by atoms with Gasteiger partial charge in [-0.2, -0.15) is 0 Å². The Morgan fingerprint density at radius 3 is 1.76 bits per heavy atom. The molecule has 0 spiro atoms. The van der Waals surface area contributed by atoms with Crippen LogP contribution in [0.15, 0.2) is 70.5 Å². The number of carbonyl (C=O) groups excluding carboxylic acids is 2. The van der Waals surface area contributed by atoms with E-state index in [0.29, 0.717) is 19.4 Å². The van der Waals surface area contributed by atoms with E-state index in [1.807, 2.05) is 24.3 Å². The van der Waals surface area contributed by atoms with Gasteiger partial charge < -0.3 is 10.2 Å². The van der Waals surface area contributed by atoms with Crippen LogP contribution >= 0.6 is 23.2 Å². The molecule has 0 fully saturated rings. The lowest BCUT2D eigenvalue weighted by atomic mass is 10.0.